The maximum absolute atomic E-state index is 5.61. The lowest BCUT2D eigenvalue weighted by Gasteiger charge is -2.25. The third kappa shape index (κ3) is 3.11. The normalized spacial score (nSPS) is 26.4. The van der Waals surface area contributed by atoms with Crippen LogP contribution in [0, 0.1) is 11.8 Å². The fourth-order valence-corrected chi connectivity index (χ4v) is 3.44. The van der Waals surface area contributed by atoms with Gasteiger partial charge >= 0.3 is 0 Å². The van der Waals surface area contributed by atoms with Crippen LogP contribution in [0.2, 0.25) is 0 Å². The number of rotatable bonds is 6. The number of aromatic nitrogens is 2. The van der Waals surface area contributed by atoms with E-state index in [4.69, 9.17) is 9.72 Å². The fraction of sp³-hybridized carbons (Fsp3) is 0.765. The van der Waals surface area contributed by atoms with E-state index in [0.717, 1.165) is 37.2 Å². The van der Waals surface area contributed by atoms with Gasteiger partial charge in [0.25, 0.3) is 0 Å². The Morgan fingerprint density at radius 2 is 2.14 bits per heavy atom. The van der Waals surface area contributed by atoms with Crippen LogP contribution < -0.4 is 5.32 Å². The van der Waals surface area contributed by atoms with Crippen LogP contribution in [0.5, 0.6) is 0 Å². The smallest absolute Gasteiger partial charge is 0.157 e. The summed E-state index contributed by atoms with van der Waals surface area (Å²) in [5.41, 5.74) is 2.63. The highest BCUT2D eigenvalue weighted by Crippen LogP contribution is 2.42. The van der Waals surface area contributed by atoms with Crippen LogP contribution in [-0.4, -0.2) is 29.7 Å². The van der Waals surface area contributed by atoms with Crippen LogP contribution in [0.1, 0.15) is 55.3 Å². The third-order valence-corrected chi connectivity index (χ3v) is 5.10. The van der Waals surface area contributed by atoms with Crippen molar-refractivity contribution in [3.8, 4) is 0 Å². The van der Waals surface area contributed by atoms with E-state index in [1.54, 1.807) is 7.11 Å². The van der Waals surface area contributed by atoms with Gasteiger partial charge in [0, 0.05) is 25.0 Å². The number of methoxy groups -OCH3 is 1. The van der Waals surface area contributed by atoms with Crippen LogP contribution >= 0.6 is 0 Å². The Balaban J connectivity index is 1.43. The van der Waals surface area contributed by atoms with Crippen molar-refractivity contribution in [1.29, 1.82) is 0 Å². The molecular weight excluding hydrogens is 262 g/mol. The molecule has 4 heteroatoms. The van der Waals surface area contributed by atoms with Crippen molar-refractivity contribution in [2.45, 2.75) is 57.1 Å². The topological polar surface area (TPSA) is 47.0 Å². The number of aryl methyl sites for hydroxylation is 1. The quantitative estimate of drug-likeness (QED) is 0.873. The Morgan fingerprint density at radius 1 is 1.29 bits per heavy atom. The summed E-state index contributed by atoms with van der Waals surface area (Å²) in [7, 11) is 1.78. The van der Waals surface area contributed by atoms with Crippen LogP contribution in [-0.2, 0) is 17.6 Å². The van der Waals surface area contributed by atoms with Gasteiger partial charge in [-0.15, -0.1) is 0 Å². The SMILES string of the molecule is COC(c1ncc2c(n1)CCC(CNC1CC1)C2)C1CC1. The second kappa shape index (κ2) is 5.65. The zero-order valence-electron chi connectivity index (χ0n) is 12.8. The predicted octanol–water partition coefficient (Wildman–Crippen LogP) is 2.43. The molecule has 4 rings (SSSR count). The first-order valence-electron chi connectivity index (χ1n) is 8.44. The van der Waals surface area contributed by atoms with E-state index in [-0.39, 0.29) is 6.10 Å². The fourth-order valence-electron chi connectivity index (χ4n) is 3.44. The summed E-state index contributed by atoms with van der Waals surface area (Å²) in [4.78, 5) is 9.44. The molecule has 4 nitrogen and oxygen atoms in total. The van der Waals surface area contributed by atoms with Gasteiger partial charge in [-0.25, -0.2) is 9.97 Å². The highest BCUT2D eigenvalue weighted by molar-refractivity contribution is 5.22. The number of hydrogen-bond acceptors (Lipinski definition) is 4. The molecule has 0 amide bonds. The Kier molecular flexibility index (Phi) is 3.67. The van der Waals surface area contributed by atoms with Crippen molar-refractivity contribution >= 4 is 0 Å². The minimum absolute atomic E-state index is 0.115. The van der Waals surface area contributed by atoms with Gasteiger partial charge < -0.3 is 10.1 Å². The highest BCUT2D eigenvalue weighted by Gasteiger charge is 2.35. The first-order valence-corrected chi connectivity index (χ1v) is 8.44. The predicted molar refractivity (Wildman–Crippen MR) is 81.0 cm³/mol. The maximum atomic E-state index is 5.61. The van der Waals surface area contributed by atoms with Gasteiger partial charge in [-0.05, 0) is 68.9 Å². The lowest BCUT2D eigenvalue weighted by Crippen LogP contribution is -2.29. The number of nitrogens with one attached hydrogen (secondary N) is 1. The van der Waals surface area contributed by atoms with Crippen LogP contribution in [0.25, 0.3) is 0 Å². The molecule has 21 heavy (non-hydrogen) atoms. The van der Waals surface area contributed by atoms with Crippen molar-refractivity contribution in [3.63, 3.8) is 0 Å². The van der Waals surface area contributed by atoms with E-state index < -0.39 is 0 Å². The van der Waals surface area contributed by atoms with Gasteiger partial charge in [0.05, 0.1) is 0 Å². The largest absolute Gasteiger partial charge is 0.373 e. The second-order valence-electron chi connectivity index (χ2n) is 6.99. The van der Waals surface area contributed by atoms with Crippen molar-refractivity contribution in [3.05, 3.63) is 23.3 Å². The first-order chi connectivity index (χ1) is 10.3. The number of fused-ring (bicyclic) bond motifs is 1. The van der Waals surface area contributed by atoms with E-state index >= 15 is 0 Å². The average molecular weight is 287 g/mol. The van der Waals surface area contributed by atoms with Crippen molar-refractivity contribution in [2.75, 3.05) is 13.7 Å². The van der Waals surface area contributed by atoms with Gasteiger partial charge in [0.15, 0.2) is 5.82 Å². The molecule has 1 aromatic heterocycles. The molecule has 3 aliphatic carbocycles. The van der Waals surface area contributed by atoms with Crippen molar-refractivity contribution < 1.29 is 4.74 Å². The minimum atomic E-state index is 0.115. The lowest BCUT2D eigenvalue weighted by molar-refractivity contribution is 0.0768. The molecule has 1 heterocycles. The molecule has 114 valence electrons. The van der Waals surface area contributed by atoms with Crippen LogP contribution in [0.4, 0.5) is 0 Å². The van der Waals surface area contributed by atoms with Gasteiger partial charge in [-0.1, -0.05) is 0 Å². The first kappa shape index (κ1) is 13.6. The molecular formula is C17H25N3O. The molecule has 2 fully saturated rings. The summed E-state index contributed by atoms with van der Waals surface area (Å²) in [6.45, 7) is 1.16. The zero-order valence-corrected chi connectivity index (χ0v) is 12.8. The Hall–Kier alpha value is -1.00. The van der Waals surface area contributed by atoms with E-state index in [0.29, 0.717) is 5.92 Å². The van der Waals surface area contributed by atoms with Crippen molar-refractivity contribution in [1.82, 2.24) is 15.3 Å². The molecule has 0 bridgehead atoms. The second-order valence-corrected chi connectivity index (χ2v) is 6.99. The summed E-state index contributed by atoms with van der Waals surface area (Å²) in [5.74, 6) is 2.31. The zero-order chi connectivity index (χ0) is 14.2. The molecule has 2 atom stereocenters. The summed E-state index contributed by atoms with van der Waals surface area (Å²) in [5, 5.41) is 3.66. The molecule has 3 aliphatic rings. The lowest BCUT2D eigenvalue weighted by atomic mass is 9.87. The summed E-state index contributed by atoms with van der Waals surface area (Å²) >= 11 is 0. The molecule has 0 saturated heterocycles. The summed E-state index contributed by atoms with van der Waals surface area (Å²) in [6.07, 6.45) is 10.9. The van der Waals surface area contributed by atoms with Crippen LogP contribution in [0.15, 0.2) is 6.20 Å². The number of nitrogens with zero attached hydrogens (tertiary/aromatic N) is 2. The monoisotopic (exact) mass is 287 g/mol. The van der Waals surface area contributed by atoms with E-state index in [9.17, 15) is 0 Å². The summed E-state index contributed by atoms with van der Waals surface area (Å²) in [6, 6.07) is 0.811. The number of hydrogen-bond donors (Lipinski definition) is 1. The molecule has 0 aliphatic heterocycles. The number of ether oxygens (including phenoxy) is 1. The van der Waals surface area contributed by atoms with E-state index in [2.05, 4.69) is 16.5 Å². The Bertz CT molecular complexity index is 511. The molecule has 2 saturated carbocycles. The third-order valence-electron chi connectivity index (χ3n) is 5.10. The molecule has 0 spiro atoms. The Morgan fingerprint density at radius 3 is 2.86 bits per heavy atom. The van der Waals surface area contributed by atoms with E-state index in [1.165, 1.54) is 43.4 Å². The van der Waals surface area contributed by atoms with Gasteiger partial charge in [0.2, 0.25) is 0 Å². The molecule has 0 aromatic carbocycles. The van der Waals surface area contributed by atoms with Gasteiger partial charge in [-0.2, -0.15) is 0 Å². The molecule has 2 unspecified atom stereocenters. The van der Waals surface area contributed by atoms with E-state index in [1.807, 2.05) is 0 Å². The highest BCUT2D eigenvalue weighted by atomic mass is 16.5. The van der Waals surface area contributed by atoms with Gasteiger partial charge in [-0.3, -0.25) is 0 Å². The molecule has 1 aromatic rings. The minimum Gasteiger partial charge on any atom is -0.373 e. The molecule has 0 radical (unpaired) electrons. The average Bonchev–Trinajstić information content (AvgIpc) is 3.39. The molecule has 1 N–H and O–H groups in total. The standard InChI is InChI=1S/C17H25N3O/c1-21-16(12-3-4-12)17-19-10-13-8-11(2-7-15(13)20-17)9-18-14-5-6-14/h10-12,14,16,18H,2-9H2,1H3. The maximum Gasteiger partial charge on any atom is 0.157 e. The van der Waals surface area contributed by atoms with Gasteiger partial charge in [0.1, 0.15) is 6.10 Å². The van der Waals surface area contributed by atoms with Crippen molar-refractivity contribution in [2.24, 2.45) is 11.8 Å². The van der Waals surface area contributed by atoms with Crippen LogP contribution in [0.3, 0.4) is 0 Å². The summed E-state index contributed by atoms with van der Waals surface area (Å²) < 4.78 is 5.61. The Labute approximate surface area is 126 Å².